The van der Waals surface area contributed by atoms with E-state index >= 15 is 0 Å². The van der Waals surface area contributed by atoms with Gasteiger partial charge in [0.15, 0.2) is 5.78 Å². The molecule has 13 heavy (non-hydrogen) atoms. The second kappa shape index (κ2) is 3.68. The van der Waals surface area contributed by atoms with Crippen LogP contribution in [0.4, 0.5) is 0 Å². The van der Waals surface area contributed by atoms with E-state index in [2.05, 4.69) is 0 Å². The number of hydrogen-bond acceptors (Lipinski definition) is 3. The Hall–Kier alpha value is -1.19. The fourth-order valence-corrected chi connectivity index (χ4v) is 1.43. The standard InChI is InChI=1S/C9H13NO3/c1-3-7(11)8(12)6-4-5-10(2)9(6)13/h6H,3-5H2,1-2H3. The summed E-state index contributed by atoms with van der Waals surface area (Å²) in [7, 11) is 1.64. The van der Waals surface area contributed by atoms with Crippen molar-refractivity contribution >= 4 is 17.5 Å². The average Bonchev–Trinajstić information content (AvgIpc) is 2.45. The fraction of sp³-hybridized carbons (Fsp3) is 0.667. The molecule has 1 fully saturated rings. The Kier molecular flexibility index (Phi) is 2.80. The van der Waals surface area contributed by atoms with E-state index in [9.17, 15) is 14.4 Å². The van der Waals surface area contributed by atoms with Crippen LogP contribution in [0.3, 0.4) is 0 Å². The van der Waals surface area contributed by atoms with Gasteiger partial charge < -0.3 is 4.90 Å². The number of rotatable bonds is 3. The first kappa shape index (κ1) is 9.89. The van der Waals surface area contributed by atoms with Crippen molar-refractivity contribution in [3.63, 3.8) is 0 Å². The number of nitrogens with zero attached hydrogens (tertiary/aromatic N) is 1. The van der Waals surface area contributed by atoms with Crippen molar-refractivity contribution in [1.82, 2.24) is 4.90 Å². The summed E-state index contributed by atoms with van der Waals surface area (Å²) in [4.78, 5) is 35.2. The Morgan fingerprint density at radius 2 is 2.15 bits per heavy atom. The summed E-state index contributed by atoms with van der Waals surface area (Å²) in [5.41, 5.74) is 0. The van der Waals surface area contributed by atoms with Crippen LogP contribution in [0.1, 0.15) is 19.8 Å². The summed E-state index contributed by atoms with van der Waals surface area (Å²) >= 11 is 0. The molecule has 1 unspecified atom stereocenters. The van der Waals surface area contributed by atoms with E-state index in [-0.39, 0.29) is 12.3 Å². The second-order valence-electron chi connectivity index (χ2n) is 3.24. The zero-order valence-corrected chi connectivity index (χ0v) is 7.87. The molecule has 0 aromatic carbocycles. The molecule has 1 heterocycles. The van der Waals surface area contributed by atoms with Crippen molar-refractivity contribution in [2.24, 2.45) is 5.92 Å². The van der Waals surface area contributed by atoms with Crippen LogP contribution >= 0.6 is 0 Å². The van der Waals surface area contributed by atoms with Crippen LogP contribution in [-0.2, 0) is 14.4 Å². The molecule has 4 nitrogen and oxygen atoms in total. The Morgan fingerprint density at radius 1 is 1.54 bits per heavy atom. The Bertz CT molecular complexity index is 260. The van der Waals surface area contributed by atoms with Gasteiger partial charge in [0, 0.05) is 20.0 Å². The van der Waals surface area contributed by atoms with Crippen LogP contribution in [0.5, 0.6) is 0 Å². The predicted molar refractivity (Wildman–Crippen MR) is 46.0 cm³/mol. The maximum absolute atomic E-state index is 11.3. The van der Waals surface area contributed by atoms with Crippen LogP contribution < -0.4 is 0 Å². The third-order valence-electron chi connectivity index (χ3n) is 2.34. The number of Topliss-reactive ketones (excluding diaryl/α,β-unsaturated/α-hetero) is 2. The van der Waals surface area contributed by atoms with Gasteiger partial charge in [0.1, 0.15) is 5.92 Å². The van der Waals surface area contributed by atoms with Gasteiger partial charge in [0.2, 0.25) is 11.7 Å². The Labute approximate surface area is 76.9 Å². The quantitative estimate of drug-likeness (QED) is 0.457. The summed E-state index contributed by atoms with van der Waals surface area (Å²) in [6, 6.07) is 0. The van der Waals surface area contributed by atoms with Gasteiger partial charge >= 0.3 is 0 Å². The number of carbonyl (C=O) groups excluding carboxylic acids is 3. The van der Waals surface area contributed by atoms with E-state index in [1.54, 1.807) is 14.0 Å². The largest absolute Gasteiger partial charge is 0.345 e. The molecular weight excluding hydrogens is 170 g/mol. The van der Waals surface area contributed by atoms with Crippen molar-refractivity contribution in [1.29, 1.82) is 0 Å². The fourth-order valence-electron chi connectivity index (χ4n) is 1.43. The molecule has 0 aromatic heterocycles. The Balaban J connectivity index is 2.69. The lowest BCUT2D eigenvalue weighted by atomic mass is 9.98. The van der Waals surface area contributed by atoms with Crippen LogP contribution in [0.15, 0.2) is 0 Å². The van der Waals surface area contributed by atoms with E-state index in [1.807, 2.05) is 0 Å². The van der Waals surface area contributed by atoms with Crippen LogP contribution in [-0.4, -0.2) is 36.0 Å². The first-order valence-electron chi connectivity index (χ1n) is 4.40. The molecule has 0 spiro atoms. The zero-order chi connectivity index (χ0) is 10.0. The monoisotopic (exact) mass is 183 g/mol. The van der Waals surface area contributed by atoms with Gasteiger partial charge in [-0.1, -0.05) is 6.92 Å². The molecule has 1 aliphatic heterocycles. The summed E-state index contributed by atoms with van der Waals surface area (Å²) in [6.45, 7) is 2.20. The lowest BCUT2D eigenvalue weighted by Crippen LogP contribution is -2.31. The zero-order valence-electron chi connectivity index (χ0n) is 7.87. The first-order valence-corrected chi connectivity index (χ1v) is 4.40. The SMILES string of the molecule is CCC(=O)C(=O)C1CCN(C)C1=O. The second-order valence-corrected chi connectivity index (χ2v) is 3.24. The van der Waals surface area contributed by atoms with E-state index in [0.717, 1.165) is 0 Å². The molecule has 1 amide bonds. The maximum Gasteiger partial charge on any atom is 0.233 e. The van der Waals surface area contributed by atoms with Gasteiger partial charge in [-0.25, -0.2) is 0 Å². The van der Waals surface area contributed by atoms with Crippen molar-refractivity contribution in [3.05, 3.63) is 0 Å². The molecule has 0 N–H and O–H groups in total. The molecule has 0 radical (unpaired) electrons. The van der Waals surface area contributed by atoms with E-state index < -0.39 is 17.5 Å². The molecule has 0 bridgehead atoms. The summed E-state index contributed by atoms with van der Waals surface area (Å²) in [6.07, 6.45) is 0.673. The van der Waals surface area contributed by atoms with Gasteiger partial charge in [0.25, 0.3) is 0 Å². The number of amides is 1. The van der Waals surface area contributed by atoms with Crippen molar-refractivity contribution in [3.8, 4) is 0 Å². The van der Waals surface area contributed by atoms with Crippen molar-refractivity contribution < 1.29 is 14.4 Å². The van der Waals surface area contributed by atoms with Gasteiger partial charge in [0.05, 0.1) is 0 Å². The lowest BCUT2D eigenvalue weighted by Gasteiger charge is -2.07. The van der Waals surface area contributed by atoms with Gasteiger partial charge in [-0.05, 0) is 6.42 Å². The minimum atomic E-state index is -0.697. The minimum absolute atomic E-state index is 0.187. The number of ketones is 2. The molecule has 72 valence electrons. The normalized spacial score (nSPS) is 22.2. The smallest absolute Gasteiger partial charge is 0.233 e. The van der Waals surface area contributed by atoms with Crippen molar-refractivity contribution in [2.45, 2.75) is 19.8 Å². The van der Waals surface area contributed by atoms with Crippen LogP contribution in [0.2, 0.25) is 0 Å². The minimum Gasteiger partial charge on any atom is -0.345 e. The third-order valence-corrected chi connectivity index (χ3v) is 2.34. The van der Waals surface area contributed by atoms with Crippen molar-refractivity contribution in [2.75, 3.05) is 13.6 Å². The molecule has 4 heteroatoms. The summed E-state index contributed by atoms with van der Waals surface area (Å²) in [5, 5.41) is 0. The molecule has 1 saturated heterocycles. The van der Waals surface area contributed by atoms with E-state index in [1.165, 1.54) is 4.90 Å². The highest BCUT2D eigenvalue weighted by molar-refractivity contribution is 6.41. The highest BCUT2D eigenvalue weighted by Crippen LogP contribution is 2.17. The number of carbonyl (C=O) groups is 3. The lowest BCUT2D eigenvalue weighted by molar-refractivity contribution is -0.143. The topological polar surface area (TPSA) is 54.5 Å². The summed E-state index contributed by atoms with van der Waals surface area (Å²) in [5.74, 6) is -1.87. The van der Waals surface area contributed by atoms with Gasteiger partial charge in [-0.2, -0.15) is 0 Å². The predicted octanol–water partition coefficient (Wildman–Crippen LogP) is 0.0129. The molecule has 0 aliphatic carbocycles. The molecule has 1 rings (SSSR count). The van der Waals surface area contributed by atoms with Crippen LogP contribution in [0, 0.1) is 5.92 Å². The van der Waals surface area contributed by atoms with Gasteiger partial charge in [-0.15, -0.1) is 0 Å². The van der Waals surface area contributed by atoms with Crippen LogP contribution in [0.25, 0.3) is 0 Å². The highest BCUT2D eigenvalue weighted by atomic mass is 16.2. The van der Waals surface area contributed by atoms with Gasteiger partial charge in [-0.3, -0.25) is 14.4 Å². The maximum atomic E-state index is 11.3. The Morgan fingerprint density at radius 3 is 2.54 bits per heavy atom. The molecule has 0 saturated carbocycles. The molecule has 0 aromatic rings. The molecular formula is C9H13NO3. The molecule has 1 atom stereocenters. The highest BCUT2D eigenvalue weighted by Gasteiger charge is 2.37. The summed E-state index contributed by atoms with van der Waals surface area (Å²) < 4.78 is 0. The average molecular weight is 183 g/mol. The number of likely N-dealkylation sites (tertiary alicyclic amines) is 1. The number of hydrogen-bond donors (Lipinski definition) is 0. The molecule has 1 aliphatic rings. The third kappa shape index (κ3) is 1.76. The van der Waals surface area contributed by atoms with E-state index in [0.29, 0.717) is 13.0 Å². The van der Waals surface area contributed by atoms with E-state index in [4.69, 9.17) is 0 Å². The first-order chi connectivity index (χ1) is 6.07.